The van der Waals surface area contributed by atoms with E-state index in [1.165, 1.54) is 19.3 Å². The molecule has 3 saturated carbocycles. The molecule has 0 radical (unpaired) electrons. The minimum atomic E-state index is -0.345. The molecule has 5 heteroatoms. The maximum absolute atomic E-state index is 10.9. The molecular weight excluding hydrogens is 330 g/mol. The number of halogens is 1. The van der Waals surface area contributed by atoms with E-state index < -0.39 is 0 Å². The fourth-order valence-electron chi connectivity index (χ4n) is 5.14. The van der Waals surface area contributed by atoms with E-state index in [9.17, 15) is 5.11 Å². The van der Waals surface area contributed by atoms with Crippen molar-refractivity contribution in [1.82, 2.24) is 14.7 Å². The largest absolute Gasteiger partial charge is 0.386 e. The van der Waals surface area contributed by atoms with Crippen LogP contribution in [0.5, 0.6) is 0 Å². The molecule has 0 saturated heterocycles. The van der Waals surface area contributed by atoms with Gasteiger partial charge in [0, 0.05) is 6.54 Å². The minimum absolute atomic E-state index is 0.345. The summed E-state index contributed by atoms with van der Waals surface area (Å²) in [5.41, 5.74) is 0.996. The van der Waals surface area contributed by atoms with Gasteiger partial charge in [-0.3, -0.25) is 4.68 Å². The van der Waals surface area contributed by atoms with Crippen molar-refractivity contribution in [2.45, 2.75) is 31.9 Å². The number of likely N-dealkylation sites (N-methyl/N-ethyl adjacent to an activating group) is 1. The average molecular weight is 354 g/mol. The van der Waals surface area contributed by atoms with Gasteiger partial charge in [-0.15, -0.1) is 0 Å². The van der Waals surface area contributed by atoms with Gasteiger partial charge in [-0.25, -0.2) is 0 Å². The molecule has 116 valence electrons. The summed E-state index contributed by atoms with van der Waals surface area (Å²) in [5, 5.41) is 15.4. The van der Waals surface area contributed by atoms with Crippen molar-refractivity contribution in [1.29, 1.82) is 0 Å². The Morgan fingerprint density at radius 1 is 1.38 bits per heavy atom. The Balaban J connectivity index is 1.52. The quantitative estimate of drug-likeness (QED) is 0.884. The van der Waals surface area contributed by atoms with Crippen LogP contribution >= 0.6 is 15.9 Å². The molecule has 0 amide bonds. The number of rotatable bonds is 5. The highest BCUT2D eigenvalue weighted by Gasteiger charge is 2.67. The lowest BCUT2D eigenvalue weighted by atomic mass is 9.97. The van der Waals surface area contributed by atoms with Crippen LogP contribution in [-0.2, 0) is 6.54 Å². The lowest BCUT2D eigenvalue weighted by molar-refractivity contribution is 0.118. The molecule has 0 spiro atoms. The lowest BCUT2D eigenvalue weighted by Crippen LogP contribution is -2.22. The Morgan fingerprint density at radius 2 is 2.05 bits per heavy atom. The third-order valence-electron chi connectivity index (χ3n) is 6.03. The second kappa shape index (κ2) is 5.07. The Hall–Kier alpha value is -0.390. The standard InChI is InChI=1S/C16H24BrN3O/c1-19(2)5-6-20-15(11(17)8-18-20)16(21)14-12-9-3-4-10(7-9)13(12)14/h8-10,12-14,16,21H,3-7H2,1-2H3. The molecular formula is C16H24BrN3O. The van der Waals surface area contributed by atoms with E-state index in [-0.39, 0.29) is 6.10 Å². The molecule has 3 fully saturated rings. The number of hydrogen-bond donors (Lipinski definition) is 1. The van der Waals surface area contributed by atoms with E-state index in [0.29, 0.717) is 5.92 Å². The summed E-state index contributed by atoms with van der Waals surface area (Å²) < 4.78 is 2.95. The highest BCUT2D eigenvalue weighted by atomic mass is 79.9. The monoisotopic (exact) mass is 353 g/mol. The van der Waals surface area contributed by atoms with Gasteiger partial charge in [0.15, 0.2) is 0 Å². The van der Waals surface area contributed by atoms with Crippen molar-refractivity contribution in [2.24, 2.45) is 29.6 Å². The van der Waals surface area contributed by atoms with E-state index in [4.69, 9.17) is 0 Å². The first-order valence-corrected chi connectivity index (χ1v) is 8.91. The minimum Gasteiger partial charge on any atom is -0.386 e. The fourth-order valence-corrected chi connectivity index (χ4v) is 5.67. The van der Waals surface area contributed by atoms with E-state index in [2.05, 4.69) is 40.0 Å². The predicted octanol–water partition coefficient (Wildman–Crippen LogP) is 2.53. The molecule has 0 aromatic carbocycles. The highest BCUT2D eigenvalue weighted by Crippen LogP contribution is 2.72. The van der Waals surface area contributed by atoms with Crippen molar-refractivity contribution in [3.05, 3.63) is 16.4 Å². The molecule has 5 atom stereocenters. The zero-order valence-corrected chi connectivity index (χ0v) is 14.3. The Morgan fingerprint density at radius 3 is 2.67 bits per heavy atom. The molecule has 5 unspecified atom stereocenters. The van der Waals surface area contributed by atoms with Crippen LogP contribution in [0.25, 0.3) is 0 Å². The van der Waals surface area contributed by atoms with Gasteiger partial charge in [-0.05, 0) is 78.9 Å². The maximum atomic E-state index is 10.9. The maximum Gasteiger partial charge on any atom is 0.100 e. The Labute approximate surface area is 134 Å². The van der Waals surface area contributed by atoms with Gasteiger partial charge in [0.2, 0.25) is 0 Å². The summed E-state index contributed by atoms with van der Waals surface area (Å²) in [7, 11) is 4.13. The molecule has 3 aliphatic carbocycles. The van der Waals surface area contributed by atoms with Crippen molar-refractivity contribution in [3.63, 3.8) is 0 Å². The van der Waals surface area contributed by atoms with Crippen LogP contribution in [-0.4, -0.2) is 40.4 Å². The molecule has 1 aromatic heterocycles. The fraction of sp³-hybridized carbons (Fsp3) is 0.812. The average Bonchev–Trinajstić information content (AvgIpc) is 2.74. The number of aliphatic hydroxyl groups is 1. The molecule has 1 aromatic rings. The molecule has 3 aliphatic rings. The van der Waals surface area contributed by atoms with E-state index >= 15 is 0 Å². The molecule has 1 heterocycles. The third-order valence-corrected chi connectivity index (χ3v) is 6.64. The summed E-state index contributed by atoms with van der Waals surface area (Å²) in [6, 6.07) is 0. The van der Waals surface area contributed by atoms with E-state index in [1.807, 2.05) is 10.9 Å². The summed E-state index contributed by atoms with van der Waals surface area (Å²) in [5.74, 6) is 3.88. The molecule has 2 bridgehead atoms. The van der Waals surface area contributed by atoms with Gasteiger partial charge in [0.25, 0.3) is 0 Å². The number of aromatic nitrogens is 2. The van der Waals surface area contributed by atoms with Crippen LogP contribution < -0.4 is 0 Å². The SMILES string of the molecule is CN(C)CCn1ncc(Br)c1C(O)C1C2C3CCC(C3)C21. The van der Waals surface area contributed by atoms with Gasteiger partial charge < -0.3 is 10.0 Å². The second-order valence-corrected chi connectivity index (χ2v) is 8.27. The van der Waals surface area contributed by atoms with Gasteiger partial charge >= 0.3 is 0 Å². The lowest BCUT2D eigenvalue weighted by Gasteiger charge is -2.18. The summed E-state index contributed by atoms with van der Waals surface area (Å²) in [6.07, 6.45) is 5.72. The van der Waals surface area contributed by atoms with E-state index in [0.717, 1.165) is 46.9 Å². The first-order chi connectivity index (χ1) is 10.1. The summed E-state index contributed by atoms with van der Waals surface area (Å²) in [6.45, 7) is 1.77. The number of fused-ring (bicyclic) bond motifs is 5. The van der Waals surface area contributed by atoms with Crippen molar-refractivity contribution in [2.75, 3.05) is 20.6 Å². The van der Waals surface area contributed by atoms with E-state index in [1.54, 1.807) is 0 Å². The second-order valence-electron chi connectivity index (χ2n) is 7.41. The van der Waals surface area contributed by atoms with Crippen LogP contribution in [0.15, 0.2) is 10.7 Å². The molecule has 0 aliphatic heterocycles. The van der Waals surface area contributed by atoms with Gasteiger partial charge in [-0.1, -0.05) is 0 Å². The summed E-state index contributed by atoms with van der Waals surface area (Å²) in [4.78, 5) is 2.15. The molecule has 1 N–H and O–H groups in total. The van der Waals surface area contributed by atoms with Crippen molar-refractivity contribution in [3.8, 4) is 0 Å². The number of aliphatic hydroxyl groups excluding tert-OH is 1. The number of nitrogens with zero attached hydrogens (tertiary/aromatic N) is 3. The molecule has 4 rings (SSSR count). The Kier molecular flexibility index (Phi) is 3.43. The zero-order chi connectivity index (χ0) is 14.7. The van der Waals surface area contributed by atoms with Crippen molar-refractivity contribution < 1.29 is 5.11 Å². The molecule has 21 heavy (non-hydrogen) atoms. The van der Waals surface area contributed by atoms with Gasteiger partial charge in [-0.2, -0.15) is 5.10 Å². The van der Waals surface area contributed by atoms with Crippen LogP contribution in [0.1, 0.15) is 31.1 Å². The molecule has 4 nitrogen and oxygen atoms in total. The first kappa shape index (κ1) is 14.2. The predicted molar refractivity (Wildman–Crippen MR) is 84.7 cm³/mol. The zero-order valence-electron chi connectivity index (χ0n) is 12.7. The smallest absolute Gasteiger partial charge is 0.100 e. The number of hydrogen-bond acceptors (Lipinski definition) is 3. The van der Waals surface area contributed by atoms with Crippen LogP contribution in [0.2, 0.25) is 0 Å². The normalized spacial score (nSPS) is 38.0. The third kappa shape index (κ3) is 2.20. The van der Waals surface area contributed by atoms with Crippen molar-refractivity contribution >= 4 is 15.9 Å². The van der Waals surface area contributed by atoms with Gasteiger partial charge in [0.05, 0.1) is 22.9 Å². The Bertz CT molecular complexity index is 528. The summed E-state index contributed by atoms with van der Waals surface area (Å²) >= 11 is 3.59. The highest BCUT2D eigenvalue weighted by molar-refractivity contribution is 9.10. The first-order valence-electron chi connectivity index (χ1n) is 8.12. The van der Waals surface area contributed by atoms with Gasteiger partial charge in [0.1, 0.15) is 6.10 Å². The topological polar surface area (TPSA) is 41.3 Å². The van der Waals surface area contributed by atoms with Crippen LogP contribution in [0, 0.1) is 29.6 Å². The van der Waals surface area contributed by atoms with Crippen LogP contribution in [0.4, 0.5) is 0 Å². The van der Waals surface area contributed by atoms with Crippen LogP contribution in [0.3, 0.4) is 0 Å².